The molecule has 0 bridgehead atoms. The topological polar surface area (TPSA) is 82.5 Å². The second-order valence-corrected chi connectivity index (χ2v) is 4.84. The third-order valence-corrected chi connectivity index (χ3v) is 3.03. The SMILES string of the molecule is CC(CCC(=O)O)NC(=O)N(C)Cc1cscn1. The summed E-state index contributed by atoms with van der Waals surface area (Å²) in [5, 5.41) is 13.2. The van der Waals surface area contributed by atoms with E-state index in [1.807, 2.05) is 5.38 Å². The van der Waals surface area contributed by atoms with Crippen molar-refractivity contribution < 1.29 is 14.7 Å². The van der Waals surface area contributed by atoms with E-state index in [2.05, 4.69) is 10.3 Å². The average molecular weight is 271 g/mol. The minimum Gasteiger partial charge on any atom is -0.481 e. The zero-order valence-corrected chi connectivity index (χ0v) is 11.2. The Bertz CT molecular complexity index is 394. The fourth-order valence-electron chi connectivity index (χ4n) is 1.36. The van der Waals surface area contributed by atoms with Crippen molar-refractivity contribution >= 4 is 23.3 Å². The number of hydrogen-bond acceptors (Lipinski definition) is 4. The number of amides is 2. The Hall–Kier alpha value is -1.63. The number of rotatable bonds is 6. The molecule has 0 aromatic carbocycles. The maximum Gasteiger partial charge on any atom is 0.317 e. The van der Waals surface area contributed by atoms with E-state index in [1.54, 1.807) is 19.5 Å². The Morgan fingerprint density at radius 1 is 1.61 bits per heavy atom. The molecule has 1 unspecified atom stereocenters. The molecule has 0 spiro atoms. The van der Waals surface area contributed by atoms with Gasteiger partial charge < -0.3 is 15.3 Å². The van der Waals surface area contributed by atoms with Gasteiger partial charge in [-0.15, -0.1) is 11.3 Å². The van der Waals surface area contributed by atoms with E-state index >= 15 is 0 Å². The third-order valence-electron chi connectivity index (χ3n) is 2.39. The molecule has 2 N–H and O–H groups in total. The average Bonchev–Trinajstić information content (AvgIpc) is 2.79. The van der Waals surface area contributed by atoms with Crippen LogP contribution < -0.4 is 5.32 Å². The quantitative estimate of drug-likeness (QED) is 0.822. The smallest absolute Gasteiger partial charge is 0.317 e. The Morgan fingerprint density at radius 2 is 2.33 bits per heavy atom. The summed E-state index contributed by atoms with van der Waals surface area (Å²) in [6.07, 6.45) is 0.475. The Morgan fingerprint density at radius 3 is 2.89 bits per heavy atom. The normalized spacial score (nSPS) is 11.9. The molecule has 7 heteroatoms. The van der Waals surface area contributed by atoms with Gasteiger partial charge in [0.25, 0.3) is 0 Å². The fraction of sp³-hybridized carbons (Fsp3) is 0.545. The maximum absolute atomic E-state index is 11.8. The van der Waals surface area contributed by atoms with Crippen molar-refractivity contribution in [2.24, 2.45) is 0 Å². The van der Waals surface area contributed by atoms with Gasteiger partial charge in [-0.3, -0.25) is 4.79 Å². The molecular weight excluding hydrogens is 254 g/mol. The number of carboxylic acid groups (broad SMARTS) is 1. The van der Waals surface area contributed by atoms with E-state index in [4.69, 9.17) is 5.11 Å². The molecule has 1 aromatic rings. The van der Waals surface area contributed by atoms with Gasteiger partial charge in [-0.2, -0.15) is 0 Å². The number of carboxylic acids is 1. The molecule has 6 nitrogen and oxygen atoms in total. The van der Waals surface area contributed by atoms with Crippen LogP contribution in [0.2, 0.25) is 0 Å². The lowest BCUT2D eigenvalue weighted by molar-refractivity contribution is -0.137. The number of nitrogens with one attached hydrogen (secondary N) is 1. The summed E-state index contributed by atoms with van der Waals surface area (Å²) in [5.41, 5.74) is 2.56. The molecular formula is C11H17N3O3S. The van der Waals surface area contributed by atoms with Gasteiger partial charge in [0.1, 0.15) is 0 Å². The van der Waals surface area contributed by atoms with E-state index in [-0.39, 0.29) is 18.5 Å². The van der Waals surface area contributed by atoms with Crippen LogP contribution in [-0.4, -0.2) is 40.1 Å². The van der Waals surface area contributed by atoms with Gasteiger partial charge in [0.2, 0.25) is 0 Å². The molecule has 1 aromatic heterocycles. The predicted octanol–water partition coefficient (Wildman–Crippen LogP) is 1.54. The number of hydrogen-bond donors (Lipinski definition) is 2. The van der Waals surface area contributed by atoms with E-state index in [0.717, 1.165) is 5.69 Å². The molecule has 0 aliphatic rings. The number of carbonyl (C=O) groups is 2. The monoisotopic (exact) mass is 271 g/mol. The lowest BCUT2D eigenvalue weighted by Gasteiger charge is -2.20. The minimum atomic E-state index is -0.855. The first kappa shape index (κ1) is 14.4. The molecule has 1 heterocycles. The molecule has 1 atom stereocenters. The molecule has 0 aliphatic heterocycles. The number of nitrogens with zero attached hydrogens (tertiary/aromatic N) is 2. The molecule has 1 rings (SSSR count). The van der Waals surface area contributed by atoms with Crippen LogP contribution in [0.1, 0.15) is 25.5 Å². The number of thiazole rings is 1. The third kappa shape index (κ3) is 5.13. The van der Waals surface area contributed by atoms with Crippen molar-refractivity contribution in [3.05, 3.63) is 16.6 Å². The summed E-state index contributed by atoms with van der Waals surface area (Å²) in [4.78, 5) is 27.8. The highest BCUT2D eigenvalue weighted by Gasteiger charge is 2.13. The number of aliphatic carboxylic acids is 1. The first-order valence-electron chi connectivity index (χ1n) is 5.59. The second-order valence-electron chi connectivity index (χ2n) is 4.12. The van der Waals surface area contributed by atoms with Crippen LogP contribution >= 0.6 is 11.3 Å². The lowest BCUT2D eigenvalue weighted by atomic mass is 10.2. The van der Waals surface area contributed by atoms with Crippen molar-refractivity contribution in [2.75, 3.05) is 7.05 Å². The van der Waals surface area contributed by atoms with E-state index < -0.39 is 5.97 Å². The molecule has 0 saturated carbocycles. The van der Waals surface area contributed by atoms with Gasteiger partial charge in [-0.05, 0) is 13.3 Å². The van der Waals surface area contributed by atoms with E-state index in [9.17, 15) is 9.59 Å². The molecule has 2 amide bonds. The summed E-state index contributed by atoms with van der Waals surface area (Å²) in [5.74, 6) is -0.855. The Balaban J connectivity index is 2.33. The van der Waals surface area contributed by atoms with Crippen LogP contribution in [0.5, 0.6) is 0 Å². The first-order chi connectivity index (χ1) is 8.49. The summed E-state index contributed by atoms with van der Waals surface area (Å²) >= 11 is 1.48. The van der Waals surface area contributed by atoms with Crippen molar-refractivity contribution in [1.29, 1.82) is 0 Å². The fourth-order valence-corrected chi connectivity index (χ4v) is 1.91. The van der Waals surface area contributed by atoms with Gasteiger partial charge >= 0.3 is 12.0 Å². The zero-order valence-electron chi connectivity index (χ0n) is 10.4. The van der Waals surface area contributed by atoms with E-state index in [0.29, 0.717) is 13.0 Å². The van der Waals surface area contributed by atoms with Crippen LogP contribution in [0.3, 0.4) is 0 Å². The van der Waals surface area contributed by atoms with Gasteiger partial charge in [0.05, 0.1) is 17.7 Å². The Labute approximate surface area is 110 Å². The van der Waals surface area contributed by atoms with Crippen molar-refractivity contribution in [2.45, 2.75) is 32.4 Å². The minimum absolute atomic E-state index is 0.0528. The highest BCUT2D eigenvalue weighted by atomic mass is 32.1. The van der Waals surface area contributed by atoms with Gasteiger partial charge in [-0.1, -0.05) is 0 Å². The van der Waals surface area contributed by atoms with Crippen molar-refractivity contribution in [3.8, 4) is 0 Å². The standard InChI is InChI=1S/C11H17N3O3S/c1-8(3-4-10(15)16)13-11(17)14(2)5-9-6-18-7-12-9/h6-8H,3-5H2,1-2H3,(H,13,17)(H,15,16). The summed E-state index contributed by atoms with van der Waals surface area (Å²) < 4.78 is 0. The van der Waals surface area contributed by atoms with Crippen LogP contribution in [0, 0.1) is 0 Å². The molecule has 18 heavy (non-hydrogen) atoms. The second kappa shape index (κ2) is 6.95. The van der Waals surface area contributed by atoms with E-state index in [1.165, 1.54) is 16.2 Å². The Kier molecular flexibility index (Phi) is 5.57. The molecule has 0 aliphatic carbocycles. The molecule has 0 saturated heterocycles. The largest absolute Gasteiger partial charge is 0.481 e. The molecule has 0 fully saturated rings. The number of urea groups is 1. The van der Waals surface area contributed by atoms with Gasteiger partial charge in [0, 0.05) is 24.9 Å². The summed E-state index contributed by atoms with van der Waals surface area (Å²) in [6.45, 7) is 2.23. The maximum atomic E-state index is 11.8. The summed E-state index contributed by atoms with van der Waals surface area (Å²) in [6, 6.07) is -0.382. The number of aromatic nitrogens is 1. The highest BCUT2D eigenvalue weighted by Crippen LogP contribution is 2.05. The first-order valence-corrected chi connectivity index (χ1v) is 6.53. The lowest BCUT2D eigenvalue weighted by Crippen LogP contribution is -2.41. The molecule has 0 radical (unpaired) electrons. The van der Waals surface area contributed by atoms with Crippen molar-refractivity contribution in [3.63, 3.8) is 0 Å². The van der Waals surface area contributed by atoms with Crippen LogP contribution in [0.4, 0.5) is 4.79 Å². The predicted molar refractivity (Wildman–Crippen MR) is 68.4 cm³/mol. The van der Waals surface area contributed by atoms with Crippen molar-refractivity contribution in [1.82, 2.24) is 15.2 Å². The summed E-state index contributed by atoms with van der Waals surface area (Å²) in [7, 11) is 1.68. The zero-order chi connectivity index (χ0) is 13.5. The highest BCUT2D eigenvalue weighted by molar-refractivity contribution is 7.07. The van der Waals surface area contributed by atoms with Gasteiger partial charge in [0.15, 0.2) is 0 Å². The van der Waals surface area contributed by atoms with Crippen LogP contribution in [0.15, 0.2) is 10.9 Å². The van der Waals surface area contributed by atoms with Crippen LogP contribution in [0.25, 0.3) is 0 Å². The van der Waals surface area contributed by atoms with Gasteiger partial charge in [-0.25, -0.2) is 9.78 Å². The van der Waals surface area contributed by atoms with Crippen LogP contribution in [-0.2, 0) is 11.3 Å². The number of carbonyl (C=O) groups excluding carboxylic acids is 1. The molecule has 100 valence electrons.